The molecular weight excluding hydrogens is 1220 g/mol. The average molecular weight is 1310 g/mol. The van der Waals surface area contributed by atoms with Gasteiger partial charge in [0.05, 0.1) is 36.8 Å². The third-order valence-electron chi connectivity index (χ3n) is 15.6. The van der Waals surface area contributed by atoms with Crippen molar-refractivity contribution in [1.82, 2.24) is 55.5 Å². The minimum Gasteiger partial charge on any atom is -0.392 e. The molecule has 0 bridgehead atoms. The number of hydrogen-bond acceptors (Lipinski definition) is 20. The molecule has 4 atom stereocenters. The van der Waals surface area contributed by atoms with Gasteiger partial charge in [-0.25, -0.2) is 23.7 Å². The molecule has 94 heavy (non-hydrogen) atoms. The molecule has 0 aliphatic carbocycles. The highest BCUT2D eigenvalue weighted by atomic mass is 16.7. The Bertz CT molecular complexity index is 3270. The molecule has 11 N–H and O–H groups in total. The zero-order chi connectivity index (χ0) is 68.9. The molecule has 2 aromatic carbocycles. The van der Waals surface area contributed by atoms with Gasteiger partial charge in [0.25, 0.3) is 35.4 Å². The van der Waals surface area contributed by atoms with Crippen LogP contribution in [0.2, 0.25) is 0 Å². The lowest BCUT2D eigenvalue weighted by molar-refractivity contribution is -0.197. The summed E-state index contributed by atoms with van der Waals surface area (Å²) in [6, 6.07) is 11.3. The number of imide groups is 3. The number of hydroxylamine groups is 2. The number of rotatable bonds is 36. The van der Waals surface area contributed by atoms with Gasteiger partial charge in [0.1, 0.15) is 17.9 Å². The van der Waals surface area contributed by atoms with Crippen LogP contribution in [-0.4, -0.2) is 152 Å². The Morgan fingerprint density at radius 1 is 0.574 bits per heavy atom. The smallest absolute Gasteiger partial charge is 0.333 e. The zero-order valence-electron chi connectivity index (χ0n) is 53.6. The summed E-state index contributed by atoms with van der Waals surface area (Å²) in [5.74, 6) is -3.06. The van der Waals surface area contributed by atoms with Gasteiger partial charge in [0.2, 0.25) is 5.91 Å². The van der Waals surface area contributed by atoms with Crippen LogP contribution in [-0.2, 0) is 72.4 Å². The molecule has 11 amide bonds. The molecular formula is C64H87N15O15. The molecule has 3 aliphatic heterocycles. The third kappa shape index (κ3) is 24.4. The number of Topliss-reactive ketones (excluding diaryl/α,β-unsaturated/α-hetero) is 2. The number of aromatic nitrogens is 6. The van der Waals surface area contributed by atoms with Gasteiger partial charge in [-0.15, -0.1) is 15.3 Å². The molecule has 3 aliphatic rings. The van der Waals surface area contributed by atoms with Crippen LogP contribution in [0.15, 0.2) is 85.2 Å². The van der Waals surface area contributed by atoms with Crippen LogP contribution in [0.5, 0.6) is 0 Å². The Kier molecular flexibility index (Phi) is 30.6. The van der Waals surface area contributed by atoms with E-state index in [9.17, 15) is 62.6 Å². The number of anilines is 1. The van der Waals surface area contributed by atoms with E-state index in [0.717, 1.165) is 28.0 Å². The van der Waals surface area contributed by atoms with E-state index in [1.807, 2.05) is 39.8 Å². The summed E-state index contributed by atoms with van der Waals surface area (Å²) in [6.07, 6.45) is 15.0. The topological polar surface area (TPSA) is 440 Å². The number of benzene rings is 2. The van der Waals surface area contributed by atoms with E-state index in [4.69, 9.17) is 27.1 Å². The van der Waals surface area contributed by atoms with Crippen molar-refractivity contribution in [2.75, 3.05) is 31.5 Å². The first-order valence-electron chi connectivity index (χ1n) is 31.4. The van der Waals surface area contributed by atoms with Crippen LogP contribution >= 0.6 is 0 Å². The summed E-state index contributed by atoms with van der Waals surface area (Å²) in [5.41, 5.74) is 20.6. The molecule has 30 nitrogen and oxygen atoms in total. The van der Waals surface area contributed by atoms with Crippen LogP contribution in [0, 0.1) is 11.8 Å². The van der Waals surface area contributed by atoms with Gasteiger partial charge in [-0.2, -0.15) is 0 Å². The summed E-state index contributed by atoms with van der Waals surface area (Å²) >= 11 is 0. The van der Waals surface area contributed by atoms with Gasteiger partial charge in [-0.1, -0.05) is 87.4 Å². The van der Waals surface area contributed by atoms with Crippen molar-refractivity contribution in [2.24, 2.45) is 29.0 Å². The Morgan fingerprint density at radius 3 is 1.52 bits per heavy atom. The van der Waals surface area contributed by atoms with E-state index in [1.165, 1.54) is 33.9 Å². The van der Waals surface area contributed by atoms with Gasteiger partial charge in [0.15, 0.2) is 5.78 Å². The Balaban J connectivity index is 0.000000272. The minimum absolute atomic E-state index is 0.0182. The van der Waals surface area contributed by atoms with Crippen molar-refractivity contribution in [3.05, 3.63) is 113 Å². The van der Waals surface area contributed by atoms with Crippen molar-refractivity contribution in [3.8, 4) is 0 Å². The number of carbonyl (C=O) groups is 12. The van der Waals surface area contributed by atoms with Gasteiger partial charge >= 0.3 is 18.0 Å². The fraction of sp³-hybridized carbons (Fsp3) is 0.500. The highest BCUT2D eigenvalue weighted by Crippen LogP contribution is 2.29. The lowest BCUT2D eigenvalue weighted by Crippen LogP contribution is -2.32. The Hall–Kier alpha value is -9.68. The van der Waals surface area contributed by atoms with Crippen molar-refractivity contribution < 1.29 is 72.6 Å². The van der Waals surface area contributed by atoms with Crippen LogP contribution in [0.3, 0.4) is 0 Å². The predicted molar refractivity (Wildman–Crippen MR) is 339 cm³/mol. The molecule has 5 heterocycles. The first-order chi connectivity index (χ1) is 44.9. The number of nitrogens with one attached hydrogen (secondary N) is 3. The molecule has 1 fully saturated rings. The van der Waals surface area contributed by atoms with Gasteiger partial charge in [0, 0.05) is 107 Å². The van der Waals surface area contributed by atoms with Crippen molar-refractivity contribution in [1.29, 1.82) is 0 Å². The van der Waals surface area contributed by atoms with E-state index >= 15 is 0 Å². The van der Waals surface area contributed by atoms with E-state index < -0.39 is 41.9 Å². The fourth-order valence-electron chi connectivity index (χ4n) is 10.0. The number of unbranched alkanes of at least 4 members (excludes halogenated alkanes) is 4. The SMILES string of the molecule is CC(C)[C@H](CC(=O)CCCCCN1C(=O)C=CC1=O)c1cn([C@@H](CCCNC(N)=O)C(=O)Nc2ccc(CO)cc2)nn1.CC(C)[C@H](N)c1cn([C@@H](CCCNC(N)=O)C(=O)Cc2ccc(CO)cc2)nn1.O=C(CCCCCN1C(=O)C=CC1=O)ON1C(=O)CCC1=O. The van der Waals surface area contributed by atoms with Gasteiger partial charge in [-0.3, -0.25) is 53.0 Å². The predicted octanol–water partition coefficient (Wildman–Crippen LogP) is 3.89. The van der Waals surface area contributed by atoms with E-state index in [1.54, 1.807) is 53.5 Å². The molecule has 0 spiro atoms. The quantitative estimate of drug-likeness (QED) is 0.0236. The van der Waals surface area contributed by atoms with Crippen molar-refractivity contribution >= 4 is 76.6 Å². The largest absolute Gasteiger partial charge is 0.392 e. The molecule has 0 radical (unpaired) electrons. The number of primary amides is 2. The highest BCUT2D eigenvalue weighted by molar-refractivity contribution is 6.13. The monoisotopic (exact) mass is 1310 g/mol. The number of hydrogen-bond donors (Lipinski definition) is 8. The molecule has 508 valence electrons. The maximum atomic E-state index is 13.3. The van der Waals surface area contributed by atoms with E-state index in [-0.39, 0.29) is 117 Å². The first kappa shape index (κ1) is 75.0. The van der Waals surface area contributed by atoms with Crippen molar-refractivity contribution in [2.45, 2.75) is 168 Å². The molecule has 1 saturated heterocycles. The molecule has 4 aromatic rings. The number of aliphatic hydroxyl groups is 2. The number of urea groups is 2. The van der Waals surface area contributed by atoms with Crippen LogP contribution < -0.4 is 33.2 Å². The molecule has 0 unspecified atom stereocenters. The normalized spacial score (nSPS) is 14.8. The lowest BCUT2D eigenvalue weighted by Gasteiger charge is -2.19. The third-order valence-corrected chi connectivity index (χ3v) is 15.6. The first-order valence-corrected chi connectivity index (χ1v) is 31.4. The molecule has 0 saturated carbocycles. The fourth-order valence-corrected chi connectivity index (χ4v) is 10.0. The number of nitrogens with two attached hydrogens (primary N) is 3. The van der Waals surface area contributed by atoms with Crippen LogP contribution in [0.4, 0.5) is 15.3 Å². The summed E-state index contributed by atoms with van der Waals surface area (Å²) < 4.78 is 3.05. The summed E-state index contributed by atoms with van der Waals surface area (Å²) in [5, 5.41) is 43.8. The lowest BCUT2D eigenvalue weighted by atomic mass is 9.87. The van der Waals surface area contributed by atoms with Crippen LogP contribution in [0.1, 0.15) is 176 Å². The summed E-state index contributed by atoms with van der Waals surface area (Å²) in [7, 11) is 0. The van der Waals surface area contributed by atoms with E-state index in [0.29, 0.717) is 106 Å². The second-order valence-electron chi connectivity index (χ2n) is 23.5. The minimum atomic E-state index is -0.735. The number of ketones is 2. The zero-order valence-corrected chi connectivity index (χ0v) is 53.6. The molecule has 30 heteroatoms. The summed E-state index contributed by atoms with van der Waals surface area (Å²) in [4.78, 5) is 148. The second-order valence-corrected chi connectivity index (χ2v) is 23.5. The maximum absolute atomic E-state index is 13.3. The number of carbonyl (C=O) groups excluding carboxylic acids is 12. The second kappa shape index (κ2) is 38.4. The Morgan fingerprint density at radius 2 is 1.03 bits per heavy atom. The van der Waals surface area contributed by atoms with E-state index in [2.05, 4.69) is 36.6 Å². The van der Waals surface area contributed by atoms with Crippen LogP contribution in [0.25, 0.3) is 0 Å². The number of amides is 11. The summed E-state index contributed by atoms with van der Waals surface area (Å²) in [6.45, 7) is 9.17. The Labute approximate surface area is 544 Å². The number of nitrogens with zero attached hydrogens (tertiary/aromatic N) is 9. The molecule has 7 rings (SSSR count). The van der Waals surface area contributed by atoms with Gasteiger partial charge < -0.3 is 48.2 Å². The molecule has 2 aromatic heterocycles. The average Bonchev–Trinajstić information content (AvgIpc) is 1.71. The maximum Gasteiger partial charge on any atom is 0.333 e. The standard InChI is InChI=1S/C30H41N7O6.C20H30N6O3.C14H16N2O6/c1-20(2)24(17-23(39)7-4-3-5-16-36-27(40)13-14-28(36)41)25-18-37(35-34-25)26(8-6-15-32-30(31)43)29(42)33-22-11-9-21(19-38)10-12-22;1-13(2)19(21)16-11-26(25-24-16)17(4-3-9-23-20(22)29)18(28)10-14-5-7-15(12-27)8-6-14;17-10-5-6-11(18)15(10)9-3-1-2-4-14(21)22-16-12(19)7-8-13(16)20/h9-14,18,20,24,26,38H,3-8,15-17,19H2,1-2H3,(H,33,42)(H3,31,32,43);5-8,11,13,17,19,27H,3-4,9-10,12,21H2,1-2H3,(H3,22,23,29);5-6H,1-4,7-9H2/t24-,26-;17-,19-;/m00./s1. The van der Waals surface area contributed by atoms with Gasteiger partial charge in [-0.05, 0) is 92.0 Å². The number of aliphatic hydroxyl groups excluding tert-OH is 2. The highest BCUT2D eigenvalue weighted by Gasteiger charge is 2.33. The van der Waals surface area contributed by atoms with Crippen molar-refractivity contribution in [3.63, 3.8) is 0 Å².